The molecule has 0 heterocycles. The van der Waals surface area contributed by atoms with Crippen molar-refractivity contribution >= 4 is 33.0 Å². The van der Waals surface area contributed by atoms with Gasteiger partial charge in [0.25, 0.3) is 21.6 Å². The molecule has 1 aliphatic carbocycles. The minimum atomic E-state index is -4.31. The van der Waals surface area contributed by atoms with Crippen LogP contribution in [-0.2, 0) is 14.8 Å². The first-order valence-corrected chi connectivity index (χ1v) is 11.9. The van der Waals surface area contributed by atoms with Crippen LogP contribution < -0.4 is 14.5 Å². The fourth-order valence-electron chi connectivity index (χ4n) is 3.52. The van der Waals surface area contributed by atoms with Crippen LogP contribution in [0.15, 0.2) is 52.5 Å². The Balaban J connectivity index is 1.94. The summed E-state index contributed by atoms with van der Waals surface area (Å²) in [5.41, 5.74) is 3.54. The molecule has 10 nitrogen and oxygen atoms in total. The summed E-state index contributed by atoms with van der Waals surface area (Å²) in [7, 11) is -2.83. The largest absolute Gasteiger partial charge is 0.497 e. The Hall–Kier alpha value is -3.47. The van der Waals surface area contributed by atoms with Gasteiger partial charge in [0.1, 0.15) is 12.3 Å². The number of aryl methyl sites for hydroxylation is 1. The molecule has 1 aliphatic rings. The van der Waals surface area contributed by atoms with Crippen molar-refractivity contribution in [1.82, 2.24) is 5.43 Å². The number of methoxy groups -OCH3 is 1. The number of nitrogens with one attached hydrogen (secondary N) is 1. The molecule has 176 valence electrons. The van der Waals surface area contributed by atoms with Crippen molar-refractivity contribution in [2.24, 2.45) is 5.10 Å². The standard InChI is InChI=1S/C22H26N4O6S/c1-16-8-13-20(14-21(16)26(28)29)33(30,31)25(18-9-11-19(32-2)12-10-18)15-22(27)24-23-17-6-4-3-5-7-17/h8-14H,3-7,15H2,1-2H3,(H,24,27). The van der Waals surface area contributed by atoms with Gasteiger partial charge in [0, 0.05) is 17.3 Å². The number of ether oxygens (including phenoxy) is 1. The van der Waals surface area contributed by atoms with Gasteiger partial charge in [-0.3, -0.25) is 19.2 Å². The van der Waals surface area contributed by atoms with E-state index in [1.807, 2.05) is 0 Å². The third-order valence-corrected chi connectivity index (χ3v) is 7.15. The Morgan fingerprint density at radius 2 is 1.82 bits per heavy atom. The maximum Gasteiger partial charge on any atom is 0.273 e. The van der Waals surface area contributed by atoms with E-state index in [1.165, 1.54) is 38.3 Å². The first kappa shape index (κ1) is 24.2. The highest BCUT2D eigenvalue weighted by molar-refractivity contribution is 7.92. The molecule has 0 unspecified atom stereocenters. The number of sulfonamides is 1. The van der Waals surface area contributed by atoms with E-state index in [2.05, 4.69) is 10.5 Å². The Morgan fingerprint density at radius 1 is 1.15 bits per heavy atom. The minimum absolute atomic E-state index is 0.208. The van der Waals surface area contributed by atoms with Crippen LogP contribution in [0.4, 0.5) is 11.4 Å². The fourth-order valence-corrected chi connectivity index (χ4v) is 4.96. The molecular weight excluding hydrogens is 448 g/mol. The monoisotopic (exact) mass is 474 g/mol. The van der Waals surface area contributed by atoms with Gasteiger partial charge < -0.3 is 4.74 Å². The first-order valence-electron chi connectivity index (χ1n) is 10.5. The van der Waals surface area contributed by atoms with Crippen LogP contribution in [0.2, 0.25) is 0 Å². The summed E-state index contributed by atoms with van der Waals surface area (Å²) in [6, 6.07) is 9.78. The van der Waals surface area contributed by atoms with Gasteiger partial charge in [0.2, 0.25) is 0 Å². The normalized spacial score (nSPS) is 13.8. The van der Waals surface area contributed by atoms with Gasteiger partial charge in [-0.25, -0.2) is 13.8 Å². The summed E-state index contributed by atoms with van der Waals surface area (Å²) >= 11 is 0. The van der Waals surface area contributed by atoms with Gasteiger partial charge in [-0.05, 0) is 62.9 Å². The summed E-state index contributed by atoms with van der Waals surface area (Å²) < 4.78 is 33.0. The zero-order valence-corrected chi connectivity index (χ0v) is 19.3. The number of rotatable bonds is 8. The quantitative estimate of drug-likeness (QED) is 0.460. The van der Waals surface area contributed by atoms with Crippen molar-refractivity contribution < 1.29 is 22.9 Å². The molecule has 2 aromatic rings. The average Bonchev–Trinajstić information content (AvgIpc) is 2.82. The predicted octanol–water partition coefficient (Wildman–Crippen LogP) is 3.54. The van der Waals surface area contributed by atoms with Crippen LogP contribution in [0.5, 0.6) is 5.75 Å². The summed E-state index contributed by atoms with van der Waals surface area (Å²) in [6.07, 6.45) is 4.74. The van der Waals surface area contributed by atoms with Gasteiger partial charge in [0.15, 0.2) is 0 Å². The van der Waals surface area contributed by atoms with Gasteiger partial charge >= 0.3 is 0 Å². The summed E-state index contributed by atoms with van der Waals surface area (Å²) in [5, 5.41) is 15.5. The van der Waals surface area contributed by atoms with E-state index in [-0.39, 0.29) is 16.3 Å². The van der Waals surface area contributed by atoms with Crippen LogP contribution >= 0.6 is 0 Å². The number of nitrogens with zero attached hydrogens (tertiary/aromatic N) is 3. The fraction of sp³-hybridized carbons (Fsp3) is 0.364. The zero-order chi connectivity index (χ0) is 24.0. The highest BCUT2D eigenvalue weighted by Crippen LogP contribution is 2.29. The van der Waals surface area contributed by atoms with Crippen LogP contribution in [0, 0.1) is 17.0 Å². The van der Waals surface area contributed by atoms with Crippen LogP contribution in [-0.4, -0.2) is 38.6 Å². The number of benzene rings is 2. The lowest BCUT2D eigenvalue weighted by atomic mass is 9.99. The number of nitro benzene ring substituents is 1. The van der Waals surface area contributed by atoms with Crippen molar-refractivity contribution in [3.63, 3.8) is 0 Å². The van der Waals surface area contributed by atoms with Gasteiger partial charge in [-0.2, -0.15) is 5.10 Å². The molecule has 1 saturated carbocycles. The molecule has 0 spiro atoms. The van der Waals surface area contributed by atoms with Crippen molar-refractivity contribution in [1.29, 1.82) is 0 Å². The molecule has 0 radical (unpaired) electrons. The van der Waals surface area contributed by atoms with Crippen molar-refractivity contribution in [2.75, 3.05) is 18.0 Å². The smallest absolute Gasteiger partial charge is 0.273 e. The lowest BCUT2D eigenvalue weighted by molar-refractivity contribution is -0.385. The molecule has 3 rings (SSSR count). The first-order chi connectivity index (χ1) is 15.7. The Bertz CT molecular complexity index is 1150. The molecule has 0 aliphatic heterocycles. The number of carbonyl (C=O) groups is 1. The second kappa shape index (κ2) is 10.4. The molecule has 1 amide bonds. The predicted molar refractivity (Wildman–Crippen MR) is 124 cm³/mol. The second-order valence-electron chi connectivity index (χ2n) is 7.69. The van der Waals surface area contributed by atoms with Gasteiger partial charge in [0.05, 0.1) is 22.6 Å². The molecule has 1 fully saturated rings. The molecule has 0 atom stereocenters. The van der Waals surface area contributed by atoms with E-state index < -0.39 is 27.4 Å². The van der Waals surface area contributed by atoms with Crippen molar-refractivity contribution in [3.05, 3.63) is 58.1 Å². The molecule has 11 heteroatoms. The zero-order valence-electron chi connectivity index (χ0n) is 18.5. The highest BCUT2D eigenvalue weighted by Gasteiger charge is 2.29. The van der Waals surface area contributed by atoms with E-state index in [9.17, 15) is 23.3 Å². The number of anilines is 1. The number of hydrazone groups is 1. The van der Waals surface area contributed by atoms with Crippen LogP contribution in [0.1, 0.15) is 37.7 Å². The van der Waals surface area contributed by atoms with Crippen LogP contribution in [0.3, 0.4) is 0 Å². The Kier molecular flexibility index (Phi) is 7.64. The number of carbonyl (C=O) groups excluding carboxylic acids is 1. The summed E-state index contributed by atoms with van der Waals surface area (Å²) in [5.74, 6) is -0.107. The SMILES string of the molecule is COc1ccc(N(CC(=O)NN=C2CCCCC2)S(=O)(=O)c2ccc(C)c([N+](=O)[O-])c2)cc1. The lowest BCUT2D eigenvalue weighted by Crippen LogP contribution is -2.39. The molecule has 0 saturated heterocycles. The number of nitro groups is 1. The van der Waals surface area contributed by atoms with Gasteiger partial charge in [-0.1, -0.05) is 12.5 Å². The number of hydrogen-bond donors (Lipinski definition) is 1. The molecule has 2 aromatic carbocycles. The Morgan fingerprint density at radius 3 is 2.42 bits per heavy atom. The molecule has 1 N–H and O–H groups in total. The van der Waals surface area contributed by atoms with E-state index >= 15 is 0 Å². The lowest BCUT2D eigenvalue weighted by Gasteiger charge is -2.24. The van der Waals surface area contributed by atoms with Gasteiger partial charge in [-0.15, -0.1) is 0 Å². The molecule has 33 heavy (non-hydrogen) atoms. The topological polar surface area (TPSA) is 131 Å². The molecule has 0 aromatic heterocycles. The third-order valence-electron chi connectivity index (χ3n) is 5.38. The maximum atomic E-state index is 13.5. The van der Waals surface area contributed by atoms with E-state index in [4.69, 9.17) is 4.74 Å². The van der Waals surface area contributed by atoms with E-state index in [1.54, 1.807) is 12.1 Å². The molecule has 0 bridgehead atoms. The summed E-state index contributed by atoms with van der Waals surface area (Å²) in [6.45, 7) is 0.973. The minimum Gasteiger partial charge on any atom is -0.497 e. The van der Waals surface area contributed by atoms with E-state index in [0.29, 0.717) is 11.3 Å². The number of hydrogen-bond acceptors (Lipinski definition) is 7. The van der Waals surface area contributed by atoms with E-state index in [0.717, 1.165) is 48.2 Å². The summed E-state index contributed by atoms with van der Waals surface area (Å²) in [4.78, 5) is 23.0. The molecular formula is C22H26N4O6S. The van der Waals surface area contributed by atoms with Crippen LogP contribution in [0.25, 0.3) is 0 Å². The van der Waals surface area contributed by atoms with Crippen molar-refractivity contribution in [2.45, 2.75) is 43.9 Å². The number of amides is 1. The highest BCUT2D eigenvalue weighted by atomic mass is 32.2. The average molecular weight is 475 g/mol. The maximum absolute atomic E-state index is 13.5. The Labute approximate surface area is 192 Å². The second-order valence-corrected chi connectivity index (χ2v) is 9.55. The third kappa shape index (κ3) is 5.86. The van der Waals surface area contributed by atoms with Crippen molar-refractivity contribution in [3.8, 4) is 5.75 Å².